The number of benzene rings is 1. The van der Waals surface area contributed by atoms with E-state index in [9.17, 15) is 13.2 Å². The first-order valence-corrected chi connectivity index (χ1v) is 7.69. The minimum absolute atomic E-state index is 0.147. The summed E-state index contributed by atoms with van der Waals surface area (Å²) in [5.74, 6) is -0.773. The Balaban J connectivity index is 2.47. The first kappa shape index (κ1) is 15.6. The lowest BCUT2D eigenvalue weighted by Crippen LogP contribution is -2.34. The molecule has 1 unspecified atom stereocenters. The summed E-state index contributed by atoms with van der Waals surface area (Å²) < 4.78 is 21.5. The fourth-order valence-electron chi connectivity index (χ4n) is 1.69. The second-order valence-electron chi connectivity index (χ2n) is 4.21. The van der Waals surface area contributed by atoms with Gasteiger partial charge in [-0.15, -0.1) is 0 Å². The lowest BCUT2D eigenvalue weighted by Gasteiger charge is -2.15. The molecule has 0 aliphatic heterocycles. The van der Waals surface area contributed by atoms with Crippen molar-refractivity contribution in [3.8, 4) is 0 Å². The molecule has 0 heterocycles. The van der Waals surface area contributed by atoms with Crippen molar-refractivity contribution in [1.82, 2.24) is 5.32 Å². The van der Waals surface area contributed by atoms with Crippen molar-refractivity contribution >= 4 is 15.9 Å². The van der Waals surface area contributed by atoms with Gasteiger partial charge < -0.3 is 11.1 Å². The Hall–Kier alpha value is -1.44. The molecule has 0 saturated heterocycles. The Morgan fingerprint density at radius 3 is 2.42 bits per heavy atom. The van der Waals surface area contributed by atoms with Crippen molar-refractivity contribution in [2.75, 3.05) is 18.8 Å². The maximum atomic E-state index is 11.9. The molecule has 106 valence electrons. The third kappa shape index (κ3) is 5.82. The fourth-order valence-corrected chi connectivity index (χ4v) is 2.23. The summed E-state index contributed by atoms with van der Waals surface area (Å²) in [5, 5.41) is 7.53. The Morgan fingerprint density at radius 2 is 1.89 bits per heavy atom. The highest BCUT2D eigenvalue weighted by atomic mass is 32.2. The van der Waals surface area contributed by atoms with E-state index in [1.54, 1.807) is 0 Å². The molecule has 0 aliphatic rings. The molecule has 6 nitrogen and oxygen atoms in total. The van der Waals surface area contributed by atoms with Crippen LogP contribution in [0.4, 0.5) is 0 Å². The van der Waals surface area contributed by atoms with Crippen molar-refractivity contribution in [3.05, 3.63) is 35.9 Å². The minimum Gasteiger partial charge on any atom is -0.355 e. The smallest absolute Gasteiger partial charge is 0.228 e. The van der Waals surface area contributed by atoms with Gasteiger partial charge in [-0.2, -0.15) is 0 Å². The number of primary sulfonamides is 1. The summed E-state index contributed by atoms with van der Waals surface area (Å²) in [6, 6.07) is 9.21. The van der Waals surface area contributed by atoms with Crippen LogP contribution in [0.3, 0.4) is 0 Å². The van der Waals surface area contributed by atoms with Gasteiger partial charge in [0.05, 0.1) is 11.7 Å². The monoisotopic (exact) mass is 285 g/mol. The molecule has 7 heteroatoms. The Bertz CT molecular complexity index is 502. The van der Waals surface area contributed by atoms with Crippen LogP contribution in [0, 0.1) is 0 Å². The van der Waals surface area contributed by atoms with Gasteiger partial charge in [0.25, 0.3) is 0 Å². The minimum atomic E-state index is -3.48. The lowest BCUT2D eigenvalue weighted by atomic mass is 9.98. The van der Waals surface area contributed by atoms with E-state index in [1.165, 1.54) is 0 Å². The van der Waals surface area contributed by atoms with Gasteiger partial charge in [0, 0.05) is 13.1 Å². The molecule has 0 bridgehead atoms. The molecule has 0 radical (unpaired) electrons. The van der Waals surface area contributed by atoms with Crippen LogP contribution in [0.15, 0.2) is 30.3 Å². The number of sulfonamides is 1. The summed E-state index contributed by atoms with van der Waals surface area (Å²) in [6.07, 6.45) is 0.288. The van der Waals surface area contributed by atoms with Crippen molar-refractivity contribution in [2.24, 2.45) is 10.9 Å². The Kier molecular flexibility index (Phi) is 5.94. The van der Waals surface area contributed by atoms with Crippen LogP contribution in [-0.4, -0.2) is 33.2 Å². The largest absolute Gasteiger partial charge is 0.355 e. The third-order valence-corrected chi connectivity index (χ3v) is 3.52. The van der Waals surface area contributed by atoms with E-state index >= 15 is 0 Å². The van der Waals surface area contributed by atoms with Crippen molar-refractivity contribution in [2.45, 2.75) is 12.3 Å². The number of nitrogens with two attached hydrogens (primary N) is 2. The number of hydrogen-bond donors (Lipinski definition) is 3. The van der Waals surface area contributed by atoms with Gasteiger partial charge in [0.2, 0.25) is 15.9 Å². The lowest BCUT2D eigenvalue weighted by molar-refractivity contribution is -0.122. The number of rotatable bonds is 7. The Labute approximate surface area is 113 Å². The highest BCUT2D eigenvalue weighted by Crippen LogP contribution is 2.13. The van der Waals surface area contributed by atoms with E-state index in [-0.39, 0.29) is 31.2 Å². The van der Waals surface area contributed by atoms with Gasteiger partial charge in [-0.3, -0.25) is 4.79 Å². The molecule has 0 saturated carbocycles. The van der Waals surface area contributed by atoms with Gasteiger partial charge in [-0.1, -0.05) is 30.3 Å². The van der Waals surface area contributed by atoms with E-state index in [2.05, 4.69) is 5.32 Å². The first-order valence-electron chi connectivity index (χ1n) is 5.97. The van der Waals surface area contributed by atoms with Gasteiger partial charge in [0.1, 0.15) is 0 Å². The molecule has 0 fully saturated rings. The average Bonchev–Trinajstić information content (AvgIpc) is 2.36. The summed E-state index contributed by atoms with van der Waals surface area (Å²) >= 11 is 0. The van der Waals surface area contributed by atoms with Crippen LogP contribution in [-0.2, 0) is 14.8 Å². The Morgan fingerprint density at radius 1 is 1.26 bits per heavy atom. The quantitative estimate of drug-likeness (QED) is 0.587. The van der Waals surface area contributed by atoms with Crippen LogP contribution < -0.4 is 16.2 Å². The summed E-state index contributed by atoms with van der Waals surface area (Å²) in [6.45, 7) is 0.462. The topological polar surface area (TPSA) is 115 Å². The zero-order chi connectivity index (χ0) is 14.3. The van der Waals surface area contributed by atoms with Crippen LogP contribution >= 0.6 is 0 Å². The fraction of sp³-hybridized carbons (Fsp3) is 0.417. The third-order valence-electron chi connectivity index (χ3n) is 2.66. The van der Waals surface area contributed by atoms with Gasteiger partial charge >= 0.3 is 0 Å². The van der Waals surface area contributed by atoms with Crippen molar-refractivity contribution in [1.29, 1.82) is 0 Å². The van der Waals surface area contributed by atoms with Gasteiger partial charge in [-0.05, 0) is 12.0 Å². The molecule has 1 aromatic rings. The van der Waals surface area contributed by atoms with Crippen LogP contribution in [0.2, 0.25) is 0 Å². The van der Waals surface area contributed by atoms with E-state index in [1.807, 2.05) is 30.3 Å². The number of carbonyl (C=O) groups is 1. The molecule has 1 rings (SSSR count). The van der Waals surface area contributed by atoms with E-state index < -0.39 is 15.9 Å². The average molecular weight is 285 g/mol. The standard InChI is InChI=1S/C12H19N3O3S/c13-9-11(10-5-2-1-3-6-10)12(16)15-7-4-8-19(14,17)18/h1-3,5-6,11H,4,7-9,13H2,(H,15,16)(H2,14,17,18). The highest BCUT2D eigenvalue weighted by molar-refractivity contribution is 7.89. The maximum Gasteiger partial charge on any atom is 0.228 e. The zero-order valence-electron chi connectivity index (χ0n) is 10.6. The van der Waals surface area contributed by atoms with E-state index in [0.717, 1.165) is 5.56 Å². The summed E-state index contributed by atoms with van der Waals surface area (Å²) in [4.78, 5) is 11.9. The molecule has 0 spiro atoms. The molecular formula is C12H19N3O3S. The number of amides is 1. The van der Waals surface area contributed by atoms with Crippen molar-refractivity contribution in [3.63, 3.8) is 0 Å². The second-order valence-corrected chi connectivity index (χ2v) is 5.94. The van der Waals surface area contributed by atoms with Crippen LogP contribution in [0.5, 0.6) is 0 Å². The molecule has 1 amide bonds. The summed E-state index contributed by atoms with van der Waals surface area (Å²) in [7, 11) is -3.48. The van der Waals surface area contributed by atoms with Gasteiger partial charge in [-0.25, -0.2) is 13.6 Å². The van der Waals surface area contributed by atoms with E-state index in [4.69, 9.17) is 10.9 Å². The van der Waals surface area contributed by atoms with E-state index in [0.29, 0.717) is 0 Å². The highest BCUT2D eigenvalue weighted by Gasteiger charge is 2.18. The van der Waals surface area contributed by atoms with Gasteiger partial charge in [0.15, 0.2) is 0 Å². The molecule has 0 aliphatic carbocycles. The second kappa shape index (κ2) is 7.22. The maximum absolute atomic E-state index is 11.9. The predicted octanol–water partition coefficient (Wildman–Crippen LogP) is -0.476. The molecular weight excluding hydrogens is 266 g/mol. The molecule has 1 atom stereocenters. The van der Waals surface area contributed by atoms with Crippen molar-refractivity contribution < 1.29 is 13.2 Å². The first-order chi connectivity index (χ1) is 8.94. The SMILES string of the molecule is NCC(C(=O)NCCCS(N)(=O)=O)c1ccccc1. The molecule has 19 heavy (non-hydrogen) atoms. The number of nitrogens with one attached hydrogen (secondary N) is 1. The van der Waals surface area contributed by atoms with Crippen LogP contribution in [0.1, 0.15) is 17.9 Å². The predicted molar refractivity (Wildman–Crippen MR) is 73.8 cm³/mol. The zero-order valence-corrected chi connectivity index (χ0v) is 11.4. The molecule has 5 N–H and O–H groups in total. The molecule has 0 aromatic heterocycles. The normalized spacial score (nSPS) is 12.9. The number of hydrogen-bond acceptors (Lipinski definition) is 4. The molecule has 1 aromatic carbocycles. The van der Waals surface area contributed by atoms with Crippen LogP contribution in [0.25, 0.3) is 0 Å². The summed E-state index contributed by atoms with van der Waals surface area (Å²) in [5.41, 5.74) is 6.44. The number of carbonyl (C=O) groups excluding carboxylic acids is 1.